The zero-order chi connectivity index (χ0) is 22.1. The van der Waals surface area contributed by atoms with Crippen molar-refractivity contribution in [2.75, 3.05) is 5.75 Å². The van der Waals surface area contributed by atoms with Gasteiger partial charge in [-0.25, -0.2) is 12.8 Å². The lowest BCUT2D eigenvalue weighted by atomic mass is 10.0. The van der Waals surface area contributed by atoms with Crippen LogP contribution in [0, 0.1) is 18.7 Å². The first-order valence-corrected chi connectivity index (χ1v) is 11.4. The fourth-order valence-corrected chi connectivity index (χ4v) is 5.01. The zero-order valence-electron chi connectivity index (χ0n) is 17.1. The lowest BCUT2D eigenvalue weighted by molar-refractivity contribution is -0.127. The van der Waals surface area contributed by atoms with Gasteiger partial charge in [-0.05, 0) is 45.0 Å². The van der Waals surface area contributed by atoms with E-state index in [9.17, 15) is 22.7 Å². The highest BCUT2D eigenvalue weighted by Crippen LogP contribution is 2.29. The number of fused-ring (bicyclic) bond motifs is 1. The fourth-order valence-electron chi connectivity index (χ4n) is 3.37. The van der Waals surface area contributed by atoms with Gasteiger partial charge >= 0.3 is 0 Å². The van der Waals surface area contributed by atoms with E-state index in [1.54, 1.807) is 31.2 Å². The predicted octanol–water partition coefficient (Wildman–Crippen LogP) is 2.74. The minimum Gasteiger partial charge on any atom is -0.393 e. The van der Waals surface area contributed by atoms with Gasteiger partial charge in [0.1, 0.15) is 5.82 Å². The number of aryl methyl sites for hydroxylation is 1. The molecule has 0 spiro atoms. The molecular weight excluding hydrogens is 407 g/mol. The van der Waals surface area contributed by atoms with Crippen LogP contribution in [0.25, 0.3) is 0 Å². The second-order valence-electron chi connectivity index (χ2n) is 7.69. The summed E-state index contributed by atoms with van der Waals surface area (Å²) in [5.74, 6) is -2.61. The van der Waals surface area contributed by atoms with Crippen molar-refractivity contribution in [2.24, 2.45) is 10.9 Å². The van der Waals surface area contributed by atoms with E-state index in [4.69, 9.17) is 0 Å². The Hall–Kier alpha value is -2.58. The van der Waals surface area contributed by atoms with Gasteiger partial charge in [0.2, 0.25) is 5.91 Å². The lowest BCUT2D eigenvalue weighted by Gasteiger charge is -2.22. The standard InChI is InChI=1S/C22H25FN2O4S/c1-13-7-9-16(10-8-13)30(28,29)12-18(15(3)26)22(27)24-14(2)21-11-17-19(23)5-4-6-20(17)25-21/h4-10,14-15,18,26H,11-12H2,1-3H3,(H,24,27)/t14-,15+,18-/m0/s1. The van der Waals surface area contributed by atoms with Crippen molar-refractivity contribution in [1.82, 2.24) is 5.32 Å². The summed E-state index contributed by atoms with van der Waals surface area (Å²) in [7, 11) is -3.77. The predicted molar refractivity (Wildman–Crippen MR) is 113 cm³/mol. The molecule has 0 bridgehead atoms. The monoisotopic (exact) mass is 432 g/mol. The van der Waals surface area contributed by atoms with Gasteiger partial charge in [-0.2, -0.15) is 0 Å². The molecule has 30 heavy (non-hydrogen) atoms. The third-order valence-corrected chi connectivity index (χ3v) is 7.06. The van der Waals surface area contributed by atoms with Crippen molar-refractivity contribution in [3.05, 3.63) is 59.4 Å². The number of carbonyl (C=O) groups is 1. The van der Waals surface area contributed by atoms with Gasteiger partial charge in [-0.15, -0.1) is 0 Å². The Morgan fingerprint density at radius 1 is 1.20 bits per heavy atom. The minimum absolute atomic E-state index is 0.102. The largest absolute Gasteiger partial charge is 0.393 e. The molecule has 1 aliphatic heterocycles. The van der Waals surface area contributed by atoms with E-state index in [2.05, 4.69) is 10.3 Å². The highest BCUT2D eigenvalue weighted by atomic mass is 32.2. The Labute approximate surface area is 175 Å². The van der Waals surface area contributed by atoms with E-state index in [1.165, 1.54) is 25.1 Å². The van der Waals surface area contributed by atoms with Crippen molar-refractivity contribution >= 4 is 27.1 Å². The van der Waals surface area contributed by atoms with Crippen LogP contribution in [0.5, 0.6) is 0 Å². The van der Waals surface area contributed by atoms with Crippen LogP contribution in [-0.2, 0) is 21.1 Å². The summed E-state index contributed by atoms with van der Waals surface area (Å²) < 4.78 is 39.4. The molecular formula is C22H25FN2O4S. The van der Waals surface area contributed by atoms with Crippen molar-refractivity contribution in [2.45, 2.75) is 44.2 Å². The lowest BCUT2D eigenvalue weighted by Crippen LogP contribution is -2.46. The van der Waals surface area contributed by atoms with Gasteiger partial charge in [-0.1, -0.05) is 23.8 Å². The number of carbonyl (C=O) groups excluding carboxylic acids is 1. The van der Waals surface area contributed by atoms with E-state index < -0.39 is 39.6 Å². The van der Waals surface area contributed by atoms with Crippen molar-refractivity contribution in [3.8, 4) is 0 Å². The van der Waals surface area contributed by atoms with Gasteiger partial charge in [0.15, 0.2) is 9.84 Å². The summed E-state index contributed by atoms with van der Waals surface area (Å²) in [6.45, 7) is 4.94. The van der Waals surface area contributed by atoms with E-state index >= 15 is 0 Å². The number of nitrogens with one attached hydrogen (secondary N) is 1. The number of sulfone groups is 1. The minimum atomic E-state index is -3.77. The molecule has 0 saturated carbocycles. The molecule has 6 nitrogen and oxygen atoms in total. The molecule has 0 saturated heterocycles. The Morgan fingerprint density at radius 2 is 1.87 bits per heavy atom. The maximum atomic E-state index is 13.9. The van der Waals surface area contributed by atoms with Crippen LogP contribution < -0.4 is 5.32 Å². The maximum Gasteiger partial charge on any atom is 0.227 e. The second kappa shape index (κ2) is 8.65. The molecule has 2 aromatic rings. The second-order valence-corrected chi connectivity index (χ2v) is 9.72. The van der Waals surface area contributed by atoms with E-state index in [-0.39, 0.29) is 17.1 Å². The number of aliphatic imine (C=N–C) groups is 1. The molecule has 3 rings (SSSR count). The molecule has 0 fully saturated rings. The molecule has 2 aromatic carbocycles. The highest BCUT2D eigenvalue weighted by Gasteiger charge is 2.32. The zero-order valence-corrected chi connectivity index (χ0v) is 17.9. The number of amides is 1. The van der Waals surface area contributed by atoms with E-state index in [0.717, 1.165) is 5.56 Å². The van der Waals surface area contributed by atoms with Crippen molar-refractivity contribution in [3.63, 3.8) is 0 Å². The van der Waals surface area contributed by atoms with Crippen LogP contribution in [0.4, 0.5) is 10.1 Å². The molecule has 160 valence electrons. The Kier molecular flexibility index (Phi) is 6.38. The Morgan fingerprint density at radius 3 is 2.47 bits per heavy atom. The summed E-state index contributed by atoms with van der Waals surface area (Å²) in [5, 5.41) is 12.8. The highest BCUT2D eigenvalue weighted by molar-refractivity contribution is 7.91. The molecule has 0 aromatic heterocycles. The molecule has 0 aliphatic carbocycles. The molecule has 1 amide bonds. The summed E-state index contributed by atoms with van der Waals surface area (Å²) >= 11 is 0. The summed E-state index contributed by atoms with van der Waals surface area (Å²) in [6.07, 6.45) is -0.901. The van der Waals surface area contributed by atoms with Crippen LogP contribution in [-0.4, -0.2) is 43.0 Å². The quantitative estimate of drug-likeness (QED) is 0.703. The van der Waals surface area contributed by atoms with Crippen LogP contribution in [0.1, 0.15) is 25.0 Å². The topological polar surface area (TPSA) is 95.8 Å². The number of nitrogens with zero attached hydrogens (tertiary/aromatic N) is 1. The summed E-state index contributed by atoms with van der Waals surface area (Å²) in [4.78, 5) is 17.3. The number of aliphatic hydroxyl groups is 1. The number of hydrogen-bond donors (Lipinski definition) is 2. The fraction of sp³-hybridized carbons (Fsp3) is 0.364. The number of rotatable bonds is 7. The molecule has 0 unspecified atom stereocenters. The number of benzene rings is 2. The molecule has 1 heterocycles. The normalized spacial score (nSPS) is 16.4. The van der Waals surface area contributed by atoms with Crippen LogP contribution in [0.15, 0.2) is 52.4 Å². The van der Waals surface area contributed by atoms with Crippen LogP contribution in [0.2, 0.25) is 0 Å². The van der Waals surface area contributed by atoms with Crippen molar-refractivity contribution in [1.29, 1.82) is 0 Å². The number of hydrogen-bond acceptors (Lipinski definition) is 5. The van der Waals surface area contributed by atoms with Gasteiger partial charge in [0.25, 0.3) is 0 Å². The number of halogens is 1. The first kappa shape index (κ1) is 22.1. The van der Waals surface area contributed by atoms with Gasteiger partial charge in [0, 0.05) is 17.7 Å². The average Bonchev–Trinajstić information content (AvgIpc) is 3.12. The molecule has 8 heteroatoms. The van der Waals surface area contributed by atoms with E-state index in [0.29, 0.717) is 17.0 Å². The van der Waals surface area contributed by atoms with Gasteiger partial charge in [-0.3, -0.25) is 9.79 Å². The van der Waals surface area contributed by atoms with Crippen LogP contribution in [0.3, 0.4) is 0 Å². The van der Waals surface area contributed by atoms with E-state index in [1.807, 2.05) is 6.92 Å². The molecule has 2 N–H and O–H groups in total. The first-order valence-electron chi connectivity index (χ1n) is 9.71. The SMILES string of the molecule is Cc1ccc(S(=O)(=O)C[C@H](C(=O)N[C@@H](C)C2=Nc3cccc(F)c3C2)[C@@H](C)O)cc1. The van der Waals surface area contributed by atoms with Gasteiger partial charge < -0.3 is 10.4 Å². The van der Waals surface area contributed by atoms with Gasteiger partial charge in [0.05, 0.1) is 34.4 Å². The molecule has 0 radical (unpaired) electrons. The third-order valence-electron chi connectivity index (χ3n) is 5.27. The van der Waals surface area contributed by atoms with Crippen molar-refractivity contribution < 1.29 is 22.7 Å². The molecule has 3 atom stereocenters. The Balaban J connectivity index is 1.72. The third kappa shape index (κ3) is 4.76. The first-order chi connectivity index (χ1) is 14.1. The summed E-state index contributed by atoms with van der Waals surface area (Å²) in [5.41, 5.74) is 2.50. The number of aliphatic hydroxyl groups excluding tert-OH is 1. The maximum absolute atomic E-state index is 13.9. The molecule has 1 aliphatic rings. The van der Waals surface area contributed by atoms with Crippen LogP contribution >= 0.6 is 0 Å². The average molecular weight is 433 g/mol. The summed E-state index contributed by atoms with van der Waals surface area (Å²) in [6, 6.07) is 10.4. The smallest absolute Gasteiger partial charge is 0.227 e. The Bertz CT molecular complexity index is 1080.